The van der Waals surface area contributed by atoms with Crippen LogP contribution in [0, 0.1) is 18.2 Å². The fourth-order valence-corrected chi connectivity index (χ4v) is 2.83. The maximum atomic E-state index is 13.1. The van der Waals surface area contributed by atoms with E-state index in [9.17, 15) is 9.18 Å². The van der Waals surface area contributed by atoms with Gasteiger partial charge in [0.25, 0.3) is 5.56 Å². The lowest BCUT2D eigenvalue weighted by Gasteiger charge is -2.12. The van der Waals surface area contributed by atoms with Crippen LogP contribution in [-0.2, 0) is 0 Å². The van der Waals surface area contributed by atoms with Gasteiger partial charge >= 0.3 is 0 Å². The van der Waals surface area contributed by atoms with Crippen molar-refractivity contribution in [2.45, 2.75) is 5.16 Å². The first-order chi connectivity index (χ1) is 10.7. The van der Waals surface area contributed by atoms with Gasteiger partial charge in [-0.2, -0.15) is 0 Å². The number of rotatable bonds is 3. The molecule has 22 heavy (non-hydrogen) atoms. The highest BCUT2D eigenvalue weighted by atomic mass is 32.2. The largest absolute Gasteiger partial charge is 0.268 e. The van der Waals surface area contributed by atoms with Crippen LogP contribution in [0.2, 0.25) is 0 Å². The van der Waals surface area contributed by atoms with Crippen molar-refractivity contribution >= 4 is 22.7 Å². The summed E-state index contributed by atoms with van der Waals surface area (Å²) in [6, 6.07) is 12.8. The smallest absolute Gasteiger partial charge is 0.266 e. The zero-order valence-corrected chi connectivity index (χ0v) is 12.3. The molecule has 1 aromatic heterocycles. The van der Waals surface area contributed by atoms with Crippen LogP contribution in [0.4, 0.5) is 4.39 Å². The van der Waals surface area contributed by atoms with E-state index in [4.69, 9.17) is 6.42 Å². The monoisotopic (exact) mass is 310 g/mol. The molecule has 0 saturated carbocycles. The van der Waals surface area contributed by atoms with Crippen molar-refractivity contribution in [3.05, 3.63) is 64.7 Å². The lowest BCUT2D eigenvalue weighted by molar-refractivity contribution is 0.627. The van der Waals surface area contributed by atoms with Gasteiger partial charge < -0.3 is 0 Å². The van der Waals surface area contributed by atoms with Gasteiger partial charge in [0.1, 0.15) is 5.82 Å². The molecule has 0 aliphatic carbocycles. The van der Waals surface area contributed by atoms with Gasteiger partial charge in [-0.15, -0.1) is 6.42 Å². The lowest BCUT2D eigenvalue weighted by Crippen LogP contribution is -2.21. The fourth-order valence-electron chi connectivity index (χ4n) is 2.13. The Morgan fingerprint density at radius 1 is 1.18 bits per heavy atom. The minimum absolute atomic E-state index is 0.197. The number of nitrogens with zero attached hydrogens (tertiary/aromatic N) is 2. The Bertz CT molecular complexity index is 926. The highest BCUT2D eigenvalue weighted by Crippen LogP contribution is 2.21. The molecular weight excluding hydrogens is 299 g/mol. The number of halogens is 1. The van der Waals surface area contributed by atoms with E-state index in [0.29, 0.717) is 27.5 Å². The summed E-state index contributed by atoms with van der Waals surface area (Å²) in [5, 5.41) is 1.00. The molecule has 0 spiro atoms. The fraction of sp³-hybridized carbons (Fsp3) is 0.0588. The quantitative estimate of drug-likeness (QED) is 0.423. The summed E-state index contributed by atoms with van der Waals surface area (Å²) < 4.78 is 14.6. The van der Waals surface area contributed by atoms with E-state index >= 15 is 0 Å². The third kappa shape index (κ3) is 2.61. The summed E-state index contributed by atoms with van der Waals surface area (Å²) in [6.07, 6.45) is 5.30. The number of aromatic nitrogens is 2. The van der Waals surface area contributed by atoms with Crippen LogP contribution in [0.25, 0.3) is 16.6 Å². The van der Waals surface area contributed by atoms with Gasteiger partial charge in [-0.1, -0.05) is 29.8 Å². The van der Waals surface area contributed by atoms with Crippen molar-refractivity contribution in [3.8, 4) is 18.0 Å². The number of benzene rings is 2. The van der Waals surface area contributed by atoms with E-state index in [1.165, 1.54) is 28.5 Å². The molecular formula is C17H11FN2OS. The standard InChI is InChI=1S/C17H11FN2OS/c1-2-11-22-17-19-15-6-4-3-5-14(15)16(21)20(17)13-9-7-12(18)8-10-13/h1,3-10H,11H2. The molecule has 0 aliphatic rings. The summed E-state index contributed by atoms with van der Waals surface area (Å²) >= 11 is 1.30. The predicted molar refractivity (Wildman–Crippen MR) is 86.9 cm³/mol. The van der Waals surface area contributed by atoms with Gasteiger partial charge in [0.15, 0.2) is 5.16 Å². The normalized spacial score (nSPS) is 10.5. The number of hydrogen-bond acceptors (Lipinski definition) is 3. The van der Waals surface area contributed by atoms with Gasteiger partial charge in [0, 0.05) is 0 Å². The van der Waals surface area contributed by atoms with E-state index in [1.807, 2.05) is 6.07 Å². The van der Waals surface area contributed by atoms with Gasteiger partial charge in [-0.25, -0.2) is 9.37 Å². The van der Waals surface area contributed by atoms with Crippen LogP contribution in [0.3, 0.4) is 0 Å². The molecule has 1 heterocycles. The molecule has 5 heteroatoms. The Hall–Kier alpha value is -2.58. The summed E-state index contributed by atoms with van der Waals surface area (Å²) in [6.45, 7) is 0. The van der Waals surface area contributed by atoms with Gasteiger partial charge in [0.05, 0.1) is 22.3 Å². The molecule has 3 nitrogen and oxygen atoms in total. The average molecular weight is 310 g/mol. The molecule has 108 valence electrons. The Morgan fingerprint density at radius 3 is 2.64 bits per heavy atom. The molecule has 0 bridgehead atoms. The summed E-state index contributed by atoms with van der Waals surface area (Å²) in [5.74, 6) is 2.56. The Morgan fingerprint density at radius 2 is 1.91 bits per heavy atom. The topological polar surface area (TPSA) is 34.9 Å². The predicted octanol–water partition coefficient (Wildman–Crippen LogP) is 3.25. The highest BCUT2D eigenvalue weighted by Gasteiger charge is 2.12. The first-order valence-corrected chi connectivity index (χ1v) is 7.53. The van der Waals surface area contributed by atoms with Crippen LogP contribution < -0.4 is 5.56 Å². The zero-order chi connectivity index (χ0) is 15.5. The minimum atomic E-state index is -0.358. The van der Waals surface area contributed by atoms with Crippen molar-refractivity contribution in [2.75, 3.05) is 5.75 Å². The van der Waals surface area contributed by atoms with E-state index in [1.54, 1.807) is 30.3 Å². The van der Waals surface area contributed by atoms with Crippen molar-refractivity contribution in [3.63, 3.8) is 0 Å². The zero-order valence-electron chi connectivity index (χ0n) is 11.5. The summed E-state index contributed by atoms with van der Waals surface area (Å²) in [7, 11) is 0. The molecule has 0 saturated heterocycles. The van der Waals surface area contributed by atoms with Gasteiger partial charge in [-0.3, -0.25) is 9.36 Å². The van der Waals surface area contributed by atoms with Crippen LogP contribution >= 0.6 is 11.8 Å². The van der Waals surface area contributed by atoms with E-state index in [-0.39, 0.29) is 11.4 Å². The van der Waals surface area contributed by atoms with Crippen LogP contribution in [0.15, 0.2) is 58.5 Å². The first-order valence-electron chi connectivity index (χ1n) is 6.54. The van der Waals surface area contributed by atoms with Crippen molar-refractivity contribution < 1.29 is 4.39 Å². The van der Waals surface area contributed by atoms with Gasteiger partial charge in [-0.05, 0) is 36.4 Å². The molecule has 0 unspecified atom stereocenters. The molecule has 0 aliphatic heterocycles. The maximum Gasteiger partial charge on any atom is 0.266 e. The molecule has 0 atom stereocenters. The van der Waals surface area contributed by atoms with Crippen LogP contribution in [0.1, 0.15) is 0 Å². The third-order valence-electron chi connectivity index (χ3n) is 3.11. The van der Waals surface area contributed by atoms with E-state index in [2.05, 4.69) is 10.9 Å². The number of hydrogen-bond donors (Lipinski definition) is 0. The van der Waals surface area contributed by atoms with Crippen molar-refractivity contribution in [1.29, 1.82) is 0 Å². The third-order valence-corrected chi connectivity index (χ3v) is 3.96. The Kier molecular flexibility index (Phi) is 3.94. The molecule has 0 fully saturated rings. The van der Waals surface area contributed by atoms with E-state index in [0.717, 1.165) is 0 Å². The summed E-state index contributed by atoms with van der Waals surface area (Å²) in [4.78, 5) is 17.3. The van der Waals surface area contributed by atoms with Crippen LogP contribution in [-0.4, -0.2) is 15.3 Å². The molecule has 3 aromatic rings. The average Bonchev–Trinajstić information content (AvgIpc) is 2.54. The van der Waals surface area contributed by atoms with Gasteiger partial charge in [0.2, 0.25) is 0 Å². The Balaban J connectivity index is 2.30. The molecule has 2 aromatic carbocycles. The number of thioether (sulfide) groups is 1. The maximum absolute atomic E-state index is 13.1. The van der Waals surface area contributed by atoms with E-state index < -0.39 is 0 Å². The molecule has 0 amide bonds. The second-order valence-electron chi connectivity index (χ2n) is 4.52. The number of para-hydroxylation sites is 1. The highest BCUT2D eigenvalue weighted by molar-refractivity contribution is 7.99. The first kappa shape index (κ1) is 14.4. The van der Waals surface area contributed by atoms with Crippen LogP contribution in [0.5, 0.6) is 0 Å². The molecule has 0 N–H and O–H groups in total. The molecule has 3 rings (SSSR count). The van der Waals surface area contributed by atoms with Crippen molar-refractivity contribution in [2.24, 2.45) is 0 Å². The summed E-state index contributed by atoms with van der Waals surface area (Å²) in [5.41, 5.74) is 0.978. The minimum Gasteiger partial charge on any atom is -0.268 e. The number of fused-ring (bicyclic) bond motifs is 1. The molecule has 0 radical (unpaired) electrons. The second-order valence-corrected chi connectivity index (χ2v) is 5.46. The van der Waals surface area contributed by atoms with Crippen molar-refractivity contribution in [1.82, 2.24) is 9.55 Å². The Labute approximate surface area is 130 Å². The number of terminal acetylenes is 1. The lowest BCUT2D eigenvalue weighted by atomic mass is 10.2. The second kappa shape index (κ2) is 6.04. The SMILES string of the molecule is C#CCSc1nc2ccccc2c(=O)n1-c1ccc(F)cc1.